The molecule has 0 fully saturated rings. The summed E-state index contributed by atoms with van der Waals surface area (Å²) in [4.78, 5) is 0. The van der Waals surface area contributed by atoms with Gasteiger partial charge in [-0.1, -0.05) is 71.4 Å². The van der Waals surface area contributed by atoms with E-state index in [0.29, 0.717) is 41.3 Å². The fourth-order valence-corrected chi connectivity index (χ4v) is 4.50. The quantitative estimate of drug-likeness (QED) is 0.183. The number of rotatable bonds is 12. The van der Waals surface area contributed by atoms with Crippen LogP contribution >= 0.6 is 35.0 Å². The highest BCUT2D eigenvalue weighted by Crippen LogP contribution is 2.34. The molecule has 10 heteroatoms. The molecule has 0 radical (unpaired) electrons. The van der Waals surface area contributed by atoms with Crippen LogP contribution in [0.3, 0.4) is 0 Å². The van der Waals surface area contributed by atoms with E-state index in [-0.39, 0.29) is 0 Å². The fraction of sp³-hybridized carbons (Fsp3) is 0.240. The van der Waals surface area contributed by atoms with E-state index < -0.39 is 0 Å². The molecule has 1 heterocycles. The average Bonchev–Trinajstić information content (AvgIpc) is 3.34. The first kappa shape index (κ1) is 25.3. The van der Waals surface area contributed by atoms with Gasteiger partial charge in [-0.3, -0.25) is 0 Å². The maximum absolute atomic E-state index is 6.56. The first-order chi connectivity index (χ1) is 17.2. The van der Waals surface area contributed by atoms with Gasteiger partial charge in [-0.25, -0.2) is 0 Å². The zero-order chi connectivity index (χ0) is 24.5. The first-order valence-electron chi connectivity index (χ1n) is 11.1. The molecule has 0 unspecified atom stereocenters. The summed E-state index contributed by atoms with van der Waals surface area (Å²) in [5.74, 6) is 2.03. The summed E-state index contributed by atoms with van der Waals surface area (Å²) >= 11 is 14.4. The van der Waals surface area contributed by atoms with E-state index in [1.165, 1.54) is 0 Å². The van der Waals surface area contributed by atoms with E-state index in [1.54, 1.807) is 22.5 Å². The number of hydrogen-bond acceptors (Lipinski definition) is 7. The van der Waals surface area contributed by atoms with Gasteiger partial charge in [0.2, 0.25) is 5.16 Å². The lowest BCUT2D eigenvalue weighted by Crippen LogP contribution is -2.17. The van der Waals surface area contributed by atoms with Gasteiger partial charge in [-0.05, 0) is 47.2 Å². The lowest BCUT2D eigenvalue weighted by Gasteiger charge is -2.16. The van der Waals surface area contributed by atoms with Crippen LogP contribution in [0.25, 0.3) is 5.69 Å². The van der Waals surface area contributed by atoms with Crippen LogP contribution < -0.4 is 14.8 Å². The van der Waals surface area contributed by atoms with Crippen molar-refractivity contribution in [2.24, 2.45) is 0 Å². The minimum Gasteiger partial charge on any atom is -0.490 e. The Balaban J connectivity index is 1.32. The second-order valence-corrected chi connectivity index (χ2v) is 9.31. The van der Waals surface area contributed by atoms with Crippen LogP contribution in [0, 0.1) is 0 Å². The second-order valence-electron chi connectivity index (χ2n) is 7.44. The zero-order valence-electron chi connectivity index (χ0n) is 19.2. The Hall–Kier alpha value is -2.78. The molecule has 7 nitrogen and oxygen atoms in total. The Morgan fingerprint density at radius 2 is 1.69 bits per heavy atom. The third-order valence-corrected chi connectivity index (χ3v) is 6.66. The van der Waals surface area contributed by atoms with E-state index in [0.717, 1.165) is 34.3 Å². The summed E-state index contributed by atoms with van der Waals surface area (Å²) in [5, 5.41) is 17.4. The van der Waals surface area contributed by atoms with E-state index in [2.05, 4.69) is 20.8 Å². The van der Waals surface area contributed by atoms with Gasteiger partial charge in [0, 0.05) is 40.5 Å². The minimum atomic E-state index is 0.327. The summed E-state index contributed by atoms with van der Waals surface area (Å²) in [5.41, 5.74) is 2.76. The molecule has 4 aromatic rings. The number of nitrogens with one attached hydrogen (secondary N) is 1. The third kappa shape index (κ3) is 6.89. The van der Waals surface area contributed by atoms with Crippen molar-refractivity contribution in [3.05, 3.63) is 87.9 Å². The number of ether oxygens (including phenoxy) is 2. The van der Waals surface area contributed by atoms with E-state index in [9.17, 15) is 0 Å². The Morgan fingerprint density at radius 1 is 0.914 bits per heavy atom. The third-order valence-electron chi connectivity index (χ3n) is 5.02. The summed E-state index contributed by atoms with van der Waals surface area (Å²) in [6.07, 6.45) is 0. The van der Waals surface area contributed by atoms with Crippen LogP contribution in [0.4, 0.5) is 0 Å². The van der Waals surface area contributed by atoms with Crippen molar-refractivity contribution in [3.63, 3.8) is 0 Å². The monoisotopic (exact) mass is 529 g/mol. The van der Waals surface area contributed by atoms with Gasteiger partial charge in [-0.2, -0.15) is 4.68 Å². The van der Waals surface area contributed by atoms with Crippen LogP contribution in [0.15, 0.2) is 71.9 Å². The highest BCUT2D eigenvalue weighted by molar-refractivity contribution is 7.99. The molecule has 0 aliphatic heterocycles. The Morgan fingerprint density at radius 3 is 2.49 bits per heavy atom. The molecule has 4 rings (SSSR count). The van der Waals surface area contributed by atoms with Crippen molar-refractivity contribution in [3.8, 4) is 17.2 Å². The van der Waals surface area contributed by atoms with E-state index in [1.807, 2.05) is 67.6 Å². The van der Waals surface area contributed by atoms with Gasteiger partial charge < -0.3 is 14.8 Å². The number of halogens is 2. The summed E-state index contributed by atoms with van der Waals surface area (Å²) < 4.78 is 13.5. The molecule has 1 N–H and O–H groups in total. The number of benzene rings is 3. The van der Waals surface area contributed by atoms with Gasteiger partial charge in [0.25, 0.3) is 0 Å². The molecule has 0 spiro atoms. The number of nitrogens with zero attached hydrogens (tertiary/aromatic N) is 4. The van der Waals surface area contributed by atoms with Crippen molar-refractivity contribution >= 4 is 35.0 Å². The maximum Gasteiger partial charge on any atom is 0.214 e. The molecule has 0 bridgehead atoms. The predicted octanol–water partition coefficient (Wildman–Crippen LogP) is 5.83. The zero-order valence-corrected chi connectivity index (χ0v) is 21.5. The summed E-state index contributed by atoms with van der Waals surface area (Å²) in [7, 11) is 0. The summed E-state index contributed by atoms with van der Waals surface area (Å²) in [6, 6.07) is 21.1. The summed E-state index contributed by atoms with van der Waals surface area (Å²) in [6.45, 7) is 4.12. The first-order valence-corrected chi connectivity index (χ1v) is 12.9. The number of aromatic nitrogens is 4. The standard InChI is InChI=1S/C25H25Cl2N5O2S/c1-2-33-23-14-19(22(27)15-24(23)34-17-18-8-6-7-11-21(18)26)16-28-12-13-35-25-29-30-31-32(25)20-9-4-3-5-10-20/h3-11,14-15,28H,2,12-13,16-17H2,1H3. The van der Waals surface area contributed by atoms with Crippen LogP contribution in [-0.4, -0.2) is 39.1 Å². The van der Waals surface area contributed by atoms with Crippen molar-refractivity contribution in [1.29, 1.82) is 0 Å². The van der Waals surface area contributed by atoms with Gasteiger partial charge >= 0.3 is 0 Å². The highest BCUT2D eigenvalue weighted by Gasteiger charge is 2.13. The molecule has 0 saturated carbocycles. The molecule has 1 aromatic heterocycles. The SMILES string of the molecule is CCOc1cc(CNCCSc2nnnn2-c2ccccc2)c(Cl)cc1OCc1ccccc1Cl. The molecule has 0 aliphatic rings. The topological polar surface area (TPSA) is 74.1 Å². The smallest absolute Gasteiger partial charge is 0.214 e. The van der Waals surface area contributed by atoms with Gasteiger partial charge in [0.05, 0.1) is 12.3 Å². The van der Waals surface area contributed by atoms with Crippen molar-refractivity contribution in [1.82, 2.24) is 25.5 Å². The van der Waals surface area contributed by atoms with E-state index in [4.69, 9.17) is 32.7 Å². The van der Waals surface area contributed by atoms with Gasteiger partial charge in [0.15, 0.2) is 11.5 Å². The van der Waals surface area contributed by atoms with Crippen molar-refractivity contribution < 1.29 is 9.47 Å². The van der Waals surface area contributed by atoms with Crippen LogP contribution in [-0.2, 0) is 13.2 Å². The second kappa shape index (κ2) is 12.8. The molecule has 0 aliphatic carbocycles. The van der Waals surface area contributed by atoms with Crippen molar-refractivity contribution in [2.45, 2.75) is 25.2 Å². The minimum absolute atomic E-state index is 0.327. The molecule has 182 valence electrons. The largest absolute Gasteiger partial charge is 0.490 e. The fourth-order valence-electron chi connectivity index (χ4n) is 3.30. The van der Waals surface area contributed by atoms with E-state index >= 15 is 0 Å². The van der Waals surface area contributed by atoms with Crippen LogP contribution in [0.1, 0.15) is 18.1 Å². The van der Waals surface area contributed by atoms with Crippen LogP contribution in [0.5, 0.6) is 11.5 Å². The molecule has 0 amide bonds. The predicted molar refractivity (Wildman–Crippen MR) is 140 cm³/mol. The molecular weight excluding hydrogens is 505 g/mol. The van der Waals surface area contributed by atoms with Crippen molar-refractivity contribution in [2.75, 3.05) is 18.9 Å². The Bertz CT molecular complexity index is 1240. The molecule has 0 atom stereocenters. The maximum atomic E-state index is 6.56. The number of hydrogen-bond donors (Lipinski definition) is 1. The Labute approximate surface area is 218 Å². The molecule has 35 heavy (non-hydrogen) atoms. The molecule has 0 saturated heterocycles. The van der Waals surface area contributed by atoms with Crippen LogP contribution in [0.2, 0.25) is 10.0 Å². The average molecular weight is 530 g/mol. The normalized spacial score (nSPS) is 10.9. The van der Waals surface area contributed by atoms with Gasteiger partial charge in [-0.15, -0.1) is 5.10 Å². The van der Waals surface area contributed by atoms with Gasteiger partial charge in [0.1, 0.15) is 6.61 Å². The highest BCUT2D eigenvalue weighted by atomic mass is 35.5. The number of tetrazole rings is 1. The molecule has 3 aromatic carbocycles. The lowest BCUT2D eigenvalue weighted by atomic mass is 10.2. The number of para-hydroxylation sites is 1. The number of thioether (sulfide) groups is 1. The molecular formula is C25H25Cl2N5O2S. The lowest BCUT2D eigenvalue weighted by molar-refractivity contribution is 0.269. The Kier molecular flexibility index (Phi) is 9.25.